The van der Waals surface area contributed by atoms with Gasteiger partial charge in [-0.3, -0.25) is 14.1 Å². The molecule has 0 aliphatic carbocycles. The van der Waals surface area contributed by atoms with Crippen LogP contribution in [0.1, 0.15) is 168 Å². The summed E-state index contributed by atoms with van der Waals surface area (Å²) >= 11 is 0. The number of aliphatic hydroxyl groups is 3. The Kier molecular flexibility index (Phi) is 32.7. The van der Waals surface area contributed by atoms with E-state index >= 15 is 0 Å². The highest BCUT2D eigenvalue weighted by Gasteiger charge is 2.46. The highest BCUT2D eigenvalue weighted by atomic mass is 32.2. The van der Waals surface area contributed by atoms with E-state index in [9.17, 15) is 37.9 Å². The average molecular weight is 843 g/mol. The third kappa shape index (κ3) is 29.8. The summed E-state index contributed by atoms with van der Waals surface area (Å²) in [5.41, 5.74) is 0. The molecule has 1 aliphatic rings. The van der Waals surface area contributed by atoms with Crippen LogP contribution < -0.4 is 0 Å². The first-order chi connectivity index (χ1) is 28.0. The Labute approximate surface area is 350 Å². The number of unbranched alkanes of at least 4 members (excludes halogenated alkanes) is 16. The zero-order valence-corrected chi connectivity index (χ0v) is 36.5. The van der Waals surface area contributed by atoms with Crippen LogP contribution in [0.2, 0.25) is 0 Å². The molecule has 1 aliphatic heterocycles. The van der Waals surface area contributed by atoms with Gasteiger partial charge in [-0.2, -0.15) is 8.42 Å². The number of ether oxygens (including phenoxy) is 4. The van der Waals surface area contributed by atoms with Crippen molar-refractivity contribution in [2.45, 2.75) is 205 Å². The smallest absolute Gasteiger partial charge is 0.306 e. The van der Waals surface area contributed by atoms with Gasteiger partial charge in [-0.25, -0.2) is 0 Å². The maximum Gasteiger partial charge on any atom is 0.306 e. The van der Waals surface area contributed by atoms with Gasteiger partial charge in [-0.15, -0.1) is 0 Å². The van der Waals surface area contributed by atoms with Crippen LogP contribution in [0.15, 0.2) is 48.6 Å². The highest BCUT2D eigenvalue weighted by Crippen LogP contribution is 2.24. The monoisotopic (exact) mass is 843 g/mol. The predicted molar refractivity (Wildman–Crippen MR) is 229 cm³/mol. The lowest BCUT2D eigenvalue weighted by Gasteiger charge is -2.40. The van der Waals surface area contributed by atoms with Gasteiger partial charge >= 0.3 is 11.9 Å². The van der Waals surface area contributed by atoms with Crippen molar-refractivity contribution in [2.75, 3.05) is 19.0 Å². The Hall–Kier alpha value is -2.39. The van der Waals surface area contributed by atoms with Crippen molar-refractivity contribution < 1.29 is 56.8 Å². The molecule has 12 nitrogen and oxygen atoms in total. The van der Waals surface area contributed by atoms with Crippen molar-refractivity contribution in [1.29, 1.82) is 0 Å². The van der Waals surface area contributed by atoms with E-state index < -0.39 is 71.2 Å². The number of carbonyl (C=O) groups is 2. The highest BCUT2D eigenvalue weighted by molar-refractivity contribution is 7.85. The lowest BCUT2D eigenvalue weighted by Crippen LogP contribution is -2.60. The van der Waals surface area contributed by atoms with E-state index in [4.69, 9.17) is 18.9 Å². The van der Waals surface area contributed by atoms with Gasteiger partial charge in [0.2, 0.25) is 0 Å². The third-order valence-corrected chi connectivity index (χ3v) is 10.6. The van der Waals surface area contributed by atoms with Gasteiger partial charge in [0.25, 0.3) is 10.1 Å². The number of allylic oxidation sites excluding steroid dienone is 8. The minimum absolute atomic E-state index is 0.108. The zero-order chi connectivity index (χ0) is 42.7. The standard InChI is InChI=1S/C45H78O12S/c1-3-5-7-9-11-13-15-17-19-21-23-25-27-29-31-33-40(46)54-35-38(36-55-45-44(50)43(49)42(48)39(57-45)37-58(51,52)53)56-41(47)34-32-30-28-26-24-22-20-18-16-14-12-10-8-6-4-2/h12,14,18,20,24,26-27,29,38-39,42-45,48-50H,3-11,13,15-17,19,21-23,25,28,30-37H2,1-2H3,(H,51,52,53)/b14-12+,20-18+,26-24+,29-27+/t38-,39-,42-,43?,44?,45+/m1/s1. The number of aliphatic hydroxyl groups excluding tert-OH is 3. The summed E-state index contributed by atoms with van der Waals surface area (Å²) in [6.07, 6.45) is 31.7. The molecular weight excluding hydrogens is 765 g/mol. The molecule has 4 N–H and O–H groups in total. The lowest BCUT2D eigenvalue weighted by molar-refractivity contribution is -0.297. The number of esters is 2. The minimum Gasteiger partial charge on any atom is -0.462 e. The zero-order valence-electron chi connectivity index (χ0n) is 35.6. The second-order valence-corrected chi connectivity index (χ2v) is 16.9. The molecule has 1 fully saturated rings. The molecule has 0 bridgehead atoms. The molecule has 0 saturated carbocycles. The summed E-state index contributed by atoms with van der Waals surface area (Å²) in [6, 6.07) is 0. The van der Waals surface area contributed by atoms with Gasteiger partial charge in [0, 0.05) is 12.8 Å². The molecule has 0 amide bonds. The largest absolute Gasteiger partial charge is 0.462 e. The van der Waals surface area contributed by atoms with Crippen molar-refractivity contribution >= 4 is 22.1 Å². The van der Waals surface area contributed by atoms with Gasteiger partial charge in [0.05, 0.1) is 6.61 Å². The number of hydrogen-bond acceptors (Lipinski definition) is 11. The van der Waals surface area contributed by atoms with Crippen LogP contribution in [0.25, 0.3) is 0 Å². The molecule has 0 spiro atoms. The fourth-order valence-corrected chi connectivity index (χ4v) is 7.10. The van der Waals surface area contributed by atoms with Crippen LogP contribution >= 0.6 is 0 Å². The normalized spacial score (nSPS) is 20.8. The van der Waals surface area contributed by atoms with Crippen LogP contribution in [0.4, 0.5) is 0 Å². The first-order valence-corrected chi connectivity index (χ1v) is 23.8. The van der Waals surface area contributed by atoms with Gasteiger partial charge in [-0.05, 0) is 64.2 Å². The molecular formula is C45H78O12S. The Morgan fingerprint density at radius 1 is 0.586 bits per heavy atom. The van der Waals surface area contributed by atoms with Crippen molar-refractivity contribution in [2.24, 2.45) is 0 Å². The van der Waals surface area contributed by atoms with Gasteiger partial charge < -0.3 is 34.3 Å². The van der Waals surface area contributed by atoms with Crippen LogP contribution in [-0.4, -0.2) is 96.0 Å². The Bertz CT molecular complexity index is 1260. The summed E-state index contributed by atoms with van der Waals surface area (Å²) in [4.78, 5) is 25.3. The first-order valence-electron chi connectivity index (χ1n) is 22.2. The van der Waals surface area contributed by atoms with E-state index in [-0.39, 0.29) is 19.4 Å². The maximum atomic E-state index is 12.8. The average Bonchev–Trinajstić information content (AvgIpc) is 3.18. The molecule has 2 unspecified atom stereocenters. The molecule has 1 saturated heterocycles. The molecule has 6 atom stereocenters. The SMILES string of the molecule is CCCCC/C=C/C/C=C/C/C=C/CCCCC(=O)O[C@H](COC(=O)CC/C=C/CCCCCCCCCCCCC)CO[C@H]1O[C@H](CS(=O)(=O)O)[C@@H](O)C(O)C1O. The van der Waals surface area contributed by atoms with Crippen molar-refractivity contribution in [3.8, 4) is 0 Å². The second kappa shape index (κ2) is 35.4. The third-order valence-electron chi connectivity index (χ3n) is 9.89. The molecule has 0 aromatic heterocycles. The second-order valence-electron chi connectivity index (χ2n) is 15.4. The summed E-state index contributed by atoms with van der Waals surface area (Å²) in [5.74, 6) is -2.10. The predicted octanol–water partition coefficient (Wildman–Crippen LogP) is 8.78. The molecule has 336 valence electrons. The molecule has 1 rings (SSSR count). The molecule has 58 heavy (non-hydrogen) atoms. The van der Waals surface area contributed by atoms with E-state index in [0.717, 1.165) is 44.9 Å². The van der Waals surface area contributed by atoms with Crippen LogP contribution in [0.5, 0.6) is 0 Å². The summed E-state index contributed by atoms with van der Waals surface area (Å²) in [7, 11) is -4.61. The topological polar surface area (TPSA) is 186 Å². The number of hydrogen-bond donors (Lipinski definition) is 4. The van der Waals surface area contributed by atoms with Crippen molar-refractivity contribution in [3.63, 3.8) is 0 Å². The van der Waals surface area contributed by atoms with Crippen molar-refractivity contribution in [3.05, 3.63) is 48.6 Å². The van der Waals surface area contributed by atoms with Gasteiger partial charge in [0.15, 0.2) is 12.4 Å². The fraction of sp³-hybridized carbons (Fsp3) is 0.778. The van der Waals surface area contributed by atoms with E-state index in [2.05, 4.69) is 56.4 Å². The van der Waals surface area contributed by atoms with Gasteiger partial charge in [-0.1, -0.05) is 140 Å². The lowest BCUT2D eigenvalue weighted by atomic mass is 10.00. The molecule has 0 aromatic carbocycles. The number of rotatable bonds is 36. The summed E-state index contributed by atoms with van der Waals surface area (Å²) in [6.45, 7) is 3.66. The number of carbonyl (C=O) groups excluding carboxylic acids is 2. The Morgan fingerprint density at radius 3 is 1.66 bits per heavy atom. The van der Waals surface area contributed by atoms with Gasteiger partial charge in [0.1, 0.15) is 36.8 Å². The minimum atomic E-state index is -4.61. The Balaban J connectivity index is 2.51. The molecule has 0 radical (unpaired) electrons. The molecule has 1 heterocycles. The first kappa shape index (κ1) is 53.6. The quantitative estimate of drug-likeness (QED) is 0.0204. The Morgan fingerprint density at radius 2 is 1.07 bits per heavy atom. The van der Waals surface area contributed by atoms with E-state index in [1.807, 2.05) is 6.08 Å². The maximum absolute atomic E-state index is 12.8. The fourth-order valence-electron chi connectivity index (χ4n) is 6.41. The van der Waals surface area contributed by atoms with Crippen LogP contribution in [0.3, 0.4) is 0 Å². The van der Waals surface area contributed by atoms with Crippen LogP contribution in [-0.2, 0) is 38.7 Å². The molecule has 13 heteroatoms. The van der Waals surface area contributed by atoms with Crippen molar-refractivity contribution in [1.82, 2.24) is 0 Å². The van der Waals surface area contributed by atoms with E-state index in [0.29, 0.717) is 12.8 Å². The molecule has 0 aromatic rings. The summed E-state index contributed by atoms with van der Waals surface area (Å²) in [5, 5.41) is 30.8. The summed E-state index contributed by atoms with van der Waals surface area (Å²) < 4.78 is 53.9. The van der Waals surface area contributed by atoms with Crippen LogP contribution in [0, 0.1) is 0 Å². The van der Waals surface area contributed by atoms with E-state index in [1.54, 1.807) is 0 Å². The van der Waals surface area contributed by atoms with E-state index in [1.165, 1.54) is 83.5 Å².